The van der Waals surface area contributed by atoms with E-state index in [1.54, 1.807) is 11.8 Å². The minimum Gasteiger partial charge on any atom is -0.458 e. The van der Waals surface area contributed by atoms with E-state index in [2.05, 4.69) is 0 Å². The predicted molar refractivity (Wildman–Crippen MR) is 83.5 cm³/mol. The predicted octanol–water partition coefficient (Wildman–Crippen LogP) is 2.18. The normalized spacial score (nSPS) is 24.0. The molecule has 0 aromatic heterocycles. The summed E-state index contributed by atoms with van der Waals surface area (Å²) in [6.45, 7) is 3.66. The van der Waals surface area contributed by atoms with Gasteiger partial charge in [0.15, 0.2) is 6.10 Å². The van der Waals surface area contributed by atoms with Gasteiger partial charge in [-0.2, -0.15) is 0 Å². The SMILES string of the molecule is CC(=O)O[C@@H]1[C@H](OC(C)=O)CS[C@@H]1COCc1ccccc1. The molecular weight excluding hydrogens is 304 g/mol. The molecule has 0 saturated carbocycles. The van der Waals surface area contributed by atoms with Gasteiger partial charge in [-0.3, -0.25) is 9.59 Å². The van der Waals surface area contributed by atoms with E-state index in [-0.39, 0.29) is 17.2 Å². The van der Waals surface area contributed by atoms with Crippen molar-refractivity contribution >= 4 is 23.7 Å². The minimum absolute atomic E-state index is 0.0306. The Kier molecular flexibility index (Phi) is 6.27. The van der Waals surface area contributed by atoms with E-state index < -0.39 is 12.2 Å². The molecule has 0 radical (unpaired) electrons. The molecule has 1 aliphatic rings. The zero-order chi connectivity index (χ0) is 15.9. The summed E-state index contributed by atoms with van der Waals surface area (Å²) in [5, 5.41) is -0.0306. The van der Waals surface area contributed by atoms with Crippen LogP contribution in [-0.2, 0) is 30.4 Å². The zero-order valence-corrected chi connectivity index (χ0v) is 13.5. The summed E-state index contributed by atoms with van der Waals surface area (Å²) in [7, 11) is 0. The number of esters is 2. The van der Waals surface area contributed by atoms with Gasteiger partial charge in [-0.1, -0.05) is 30.3 Å². The van der Waals surface area contributed by atoms with Crippen LogP contribution < -0.4 is 0 Å². The molecule has 0 spiro atoms. The van der Waals surface area contributed by atoms with Gasteiger partial charge in [0.1, 0.15) is 6.10 Å². The quantitative estimate of drug-likeness (QED) is 0.748. The van der Waals surface area contributed by atoms with Crippen LogP contribution in [0.5, 0.6) is 0 Å². The van der Waals surface area contributed by atoms with Gasteiger partial charge < -0.3 is 14.2 Å². The van der Waals surface area contributed by atoms with E-state index >= 15 is 0 Å². The van der Waals surface area contributed by atoms with Gasteiger partial charge in [0.05, 0.1) is 18.5 Å². The molecule has 22 heavy (non-hydrogen) atoms. The molecule has 120 valence electrons. The Hall–Kier alpha value is -1.53. The Morgan fingerprint density at radius 3 is 2.45 bits per heavy atom. The molecule has 3 atom stereocenters. The number of rotatable bonds is 6. The minimum atomic E-state index is -0.456. The second-order valence-electron chi connectivity index (χ2n) is 5.09. The molecule has 1 fully saturated rings. The number of carbonyl (C=O) groups is 2. The largest absolute Gasteiger partial charge is 0.458 e. The monoisotopic (exact) mass is 324 g/mol. The summed E-state index contributed by atoms with van der Waals surface area (Å²) in [4.78, 5) is 22.4. The topological polar surface area (TPSA) is 61.8 Å². The second kappa shape index (κ2) is 8.19. The second-order valence-corrected chi connectivity index (χ2v) is 6.37. The van der Waals surface area contributed by atoms with Crippen molar-refractivity contribution in [3.8, 4) is 0 Å². The summed E-state index contributed by atoms with van der Waals surface area (Å²) in [6.07, 6.45) is -0.862. The molecule has 5 nitrogen and oxygen atoms in total. The average Bonchev–Trinajstić information content (AvgIpc) is 2.81. The molecule has 6 heteroatoms. The molecule has 1 aliphatic heterocycles. The van der Waals surface area contributed by atoms with E-state index in [0.29, 0.717) is 19.0 Å². The number of thioether (sulfide) groups is 1. The van der Waals surface area contributed by atoms with Crippen LogP contribution in [-0.4, -0.2) is 41.8 Å². The fourth-order valence-corrected chi connectivity index (χ4v) is 3.62. The first-order chi connectivity index (χ1) is 10.6. The highest BCUT2D eigenvalue weighted by Gasteiger charge is 2.41. The fraction of sp³-hybridized carbons (Fsp3) is 0.500. The van der Waals surface area contributed by atoms with Crippen molar-refractivity contribution in [2.24, 2.45) is 0 Å². The maximum atomic E-state index is 11.3. The first-order valence-corrected chi connectivity index (χ1v) is 8.19. The van der Waals surface area contributed by atoms with Crippen LogP contribution in [0, 0.1) is 0 Å². The number of ether oxygens (including phenoxy) is 3. The van der Waals surface area contributed by atoms with E-state index in [1.165, 1.54) is 13.8 Å². The Morgan fingerprint density at radius 2 is 1.82 bits per heavy atom. The Labute approximate surface area is 134 Å². The van der Waals surface area contributed by atoms with E-state index in [1.807, 2.05) is 30.3 Å². The van der Waals surface area contributed by atoms with Gasteiger partial charge in [-0.05, 0) is 5.56 Å². The number of hydrogen-bond acceptors (Lipinski definition) is 6. The van der Waals surface area contributed by atoms with Gasteiger partial charge in [0.2, 0.25) is 0 Å². The molecule has 0 bridgehead atoms. The molecular formula is C16H20O5S. The molecule has 1 heterocycles. The van der Waals surface area contributed by atoms with Crippen molar-refractivity contribution in [3.05, 3.63) is 35.9 Å². The molecule has 0 amide bonds. The van der Waals surface area contributed by atoms with Crippen molar-refractivity contribution in [2.45, 2.75) is 37.9 Å². The Morgan fingerprint density at radius 1 is 1.14 bits per heavy atom. The molecule has 2 rings (SSSR count). The first kappa shape index (κ1) is 16.8. The molecule has 0 aliphatic carbocycles. The highest BCUT2D eigenvalue weighted by Crippen LogP contribution is 2.32. The van der Waals surface area contributed by atoms with Crippen LogP contribution >= 0.6 is 11.8 Å². The van der Waals surface area contributed by atoms with Crippen molar-refractivity contribution < 1.29 is 23.8 Å². The van der Waals surface area contributed by atoms with Crippen LogP contribution in [0.4, 0.5) is 0 Å². The lowest BCUT2D eigenvalue weighted by atomic mass is 10.1. The average molecular weight is 324 g/mol. The van der Waals surface area contributed by atoms with Crippen LogP contribution in [0.1, 0.15) is 19.4 Å². The van der Waals surface area contributed by atoms with Crippen LogP contribution in [0.15, 0.2) is 30.3 Å². The van der Waals surface area contributed by atoms with E-state index in [0.717, 1.165) is 5.56 Å². The van der Waals surface area contributed by atoms with Crippen molar-refractivity contribution in [1.82, 2.24) is 0 Å². The van der Waals surface area contributed by atoms with Crippen LogP contribution in [0.2, 0.25) is 0 Å². The number of benzene rings is 1. The summed E-state index contributed by atoms with van der Waals surface area (Å²) in [5.74, 6) is -0.136. The van der Waals surface area contributed by atoms with Gasteiger partial charge >= 0.3 is 11.9 Å². The van der Waals surface area contributed by atoms with E-state index in [4.69, 9.17) is 14.2 Å². The van der Waals surface area contributed by atoms with Crippen LogP contribution in [0.3, 0.4) is 0 Å². The fourth-order valence-electron chi connectivity index (χ4n) is 2.32. The highest BCUT2D eigenvalue weighted by atomic mass is 32.2. The summed E-state index contributed by atoms with van der Waals surface area (Å²) >= 11 is 1.60. The van der Waals surface area contributed by atoms with E-state index in [9.17, 15) is 9.59 Å². The first-order valence-electron chi connectivity index (χ1n) is 7.14. The Balaban J connectivity index is 1.88. The smallest absolute Gasteiger partial charge is 0.303 e. The number of hydrogen-bond donors (Lipinski definition) is 0. The molecule has 1 aromatic rings. The van der Waals surface area contributed by atoms with Crippen molar-refractivity contribution in [2.75, 3.05) is 12.4 Å². The summed E-state index contributed by atoms with van der Waals surface area (Å²) in [6, 6.07) is 9.86. The summed E-state index contributed by atoms with van der Waals surface area (Å²) in [5.41, 5.74) is 1.09. The Bertz CT molecular complexity index is 505. The number of carbonyl (C=O) groups excluding carboxylic acids is 2. The lowest BCUT2D eigenvalue weighted by Crippen LogP contribution is -2.38. The lowest BCUT2D eigenvalue weighted by Gasteiger charge is -2.23. The zero-order valence-electron chi connectivity index (χ0n) is 12.7. The van der Waals surface area contributed by atoms with Gasteiger partial charge in [0, 0.05) is 19.6 Å². The third kappa shape index (κ3) is 5.03. The highest BCUT2D eigenvalue weighted by molar-refractivity contribution is 8.00. The maximum Gasteiger partial charge on any atom is 0.303 e. The maximum absolute atomic E-state index is 11.3. The van der Waals surface area contributed by atoms with Gasteiger partial charge in [-0.25, -0.2) is 0 Å². The lowest BCUT2D eigenvalue weighted by molar-refractivity contribution is -0.163. The van der Waals surface area contributed by atoms with Crippen LogP contribution in [0.25, 0.3) is 0 Å². The summed E-state index contributed by atoms with van der Waals surface area (Å²) < 4.78 is 16.3. The molecule has 1 aromatic carbocycles. The third-order valence-corrected chi connectivity index (χ3v) is 4.57. The molecule has 0 N–H and O–H groups in total. The van der Waals surface area contributed by atoms with Crippen molar-refractivity contribution in [1.29, 1.82) is 0 Å². The van der Waals surface area contributed by atoms with Gasteiger partial charge in [0.25, 0.3) is 0 Å². The third-order valence-electron chi connectivity index (χ3n) is 3.22. The molecule has 0 unspecified atom stereocenters. The van der Waals surface area contributed by atoms with Crippen molar-refractivity contribution in [3.63, 3.8) is 0 Å². The van der Waals surface area contributed by atoms with Gasteiger partial charge in [-0.15, -0.1) is 11.8 Å². The molecule has 1 saturated heterocycles. The standard InChI is InChI=1S/C16H20O5S/c1-11(17)20-14-10-22-15(16(14)21-12(2)18)9-19-8-13-6-4-3-5-7-13/h3-7,14-16H,8-10H2,1-2H3/t14-,15-,16-/m1/s1.